The van der Waals surface area contributed by atoms with Gasteiger partial charge >= 0.3 is 4.87 Å². The Morgan fingerprint density at radius 3 is 2.46 bits per heavy atom. The molecular weight excluding hydrogens is 352 g/mol. The first-order chi connectivity index (χ1) is 12.5. The van der Waals surface area contributed by atoms with E-state index in [0.29, 0.717) is 16.9 Å². The largest absolute Gasteiger partial charge is 0.324 e. The number of aromatic nitrogens is 2. The molecule has 0 aliphatic rings. The minimum Gasteiger partial charge on any atom is -0.324 e. The number of carbonyl (C=O) groups is 2. The molecule has 26 heavy (non-hydrogen) atoms. The maximum atomic E-state index is 12.2. The molecule has 1 aromatic carbocycles. The molecule has 0 saturated carbocycles. The molecule has 0 radical (unpaired) electrons. The number of aryl methyl sites for hydroxylation is 1. The summed E-state index contributed by atoms with van der Waals surface area (Å²) in [6, 6.07) is 10.0. The highest BCUT2D eigenvalue weighted by Crippen LogP contribution is 2.16. The summed E-state index contributed by atoms with van der Waals surface area (Å²) in [4.78, 5) is 39.7. The predicted octanol–water partition coefficient (Wildman–Crippen LogP) is 2.50. The van der Waals surface area contributed by atoms with Gasteiger partial charge in [0, 0.05) is 40.4 Å². The average molecular weight is 368 g/mol. The van der Waals surface area contributed by atoms with Crippen molar-refractivity contribution in [2.45, 2.75) is 13.5 Å². The molecular formula is C18H16N4O3S. The molecule has 2 amide bonds. The van der Waals surface area contributed by atoms with Gasteiger partial charge in [0.15, 0.2) is 0 Å². The van der Waals surface area contributed by atoms with Crippen molar-refractivity contribution in [2.75, 3.05) is 10.6 Å². The summed E-state index contributed by atoms with van der Waals surface area (Å²) in [5.74, 6) is -0.581. The molecule has 0 atom stereocenters. The Hall–Kier alpha value is -3.26. The average Bonchev–Trinajstić information content (AvgIpc) is 2.94. The maximum absolute atomic E-state index is 12.2. The van der Waals surface area contributed by atoms with Crippen LogP contribution in [0.1, 0.15) is 16.1 Å². The molecule has 0 fully saturated rings. The Balaban J connectivity index is 1.66. The smallest absolute Gasteiger partial charge is 0.307 e. The van der Waals surface area contributed by atoms with Gasteiger partial charge in [-0.25, -0.2) is 0 Å². The number of nitrogens with zero attached hydrogens (tertiary/aromatic N) is 2. The molecule has 2 heterocycles. The lowest BCUT2D eigenvalue weighted by molar-refractivity contribution is -0.116. The molecule has 3 rings (SSSR count). The highest BCUT2D eigenvalue weighted by molar-refractivity contribution is 7.07. The van der Waals surface area contributed by atoms with E-state index in [0.717, 1.165) is 17.0 Å². The summed E-state index contributed by atoms with van der Waals surface area (Å²) in [7, 11) is 0. The predicted molar refractivity (Wildman–Crippen MR) is 101 cm³/mol. The minimum absolute atomic E-state index is 0.0538. The van der Waals surface area contributed by atoms with E-state index in [9.17, 15) is 14.4 Å². The summed E-state index contributed by atoms with van der Waals surface area (Å²) < 4.78 is 1.41. The van der Waals surface area contributed by atoms with E-state index in [1.165, 1.54) is 4.57 Å². The number of hydrogen-bond acceptors (Lipinski definition) is 5. The van der Waals surface area contributed by atoms with Gasteiger partial charge in [-0.3, -0.25) is 23.9 Å². The van der Waals surface area contributed by atoms with Gasteiger partial charge in [0.2, 0.25) is 5.91 Å². The molecule has 0 saturated heterocycles. The second-order valence-electron chi connectivity index (χ2n) is 5.55. The quantitative estimate of drug-likeness (QED) is 0.724. The zero-order valence-electron chi connectivity index (χ0n) is 13.9. The van der Waals surface area contributed by atoms with E-state index in [4.69, 9.17) is 0 Å². The Morgan fingerprint density at radius 2 is 1.81 bits per heavy atom. The van der Waals surface area contributed by atoms with Gasteiger partial charge in [-0.15, -0.1) is 0 Å². The van der Waals surface area contributed by atoms with Crippen LogP contribution in [0.4, 0.5) is 11.4 Å². The van der Waals surface area contributed by atoms with Gasteiger partial charge in [0.25, 0.3) is 5.91 Å². The van der Waals surface area contributed by atoms with Crippen molar-refractivity contribution < 1.29 is 9.59 Å². The van der Waals surface area contributed by atoms with E-state index in [-0.39, 0.29) is 23.2 Å². The number of rotatable bonds is 5. The van der Waals surface area contributed by atoms with Crippen molar-refractivity contribution in [2.24, 2.45) is 0 Å². The van der Waals surface area contributed by atoms with Gasteiger partial charge in [0.05, 0.1) is 0 Å². The molecule has 7 nitrogen and oxygen atoms in total. The van der Waals surface area contributed by atoms with Gasteiger partial charge in [-0.1, -0.05) is 17.4 Å². The molecule has 0 spiro atoms. The number of carbonyl (C=O) groups excluding carboxylic acids is 2. The van der Waals surface area contributed by atoms with Crippen LogP contribution in [0.5, 0.6) is 0 Å². The second-order valence-corrected chi connectivity index (χ2v) is 6.37. The number of pyridine rings is 1. The van der Waals surface area contributed by atoms with Crippen molar-refractivity contribution in [1.29, 1.82) is 0 Å². The number of thiazole rings is 1. The van der Waals surface area contributed by atoms with Gasteiger partial charge in [0.1, 0.15) is 6.54 Å². The molecule has 0 unspecified atom stereocenters. The van der Waals surface area contributed by atoms with Crippen molar-refractivity contribution in [3.8, 4) is 0 Å². The van der Waals surface area contributed by atoms with Crippen LogP contribution in [0.2, 0.25) is 0 Å². The van der Waals surface area contributed by atoms with Gasteiger partial charge in [-0.2, -0.15) is 0 Å². The Bertz CT molecular complexity index is 995. The molecule has 3 aromatic rings. The minimum atomic E-state index is -0.314. The third kappa shape index (κ3) is 4.22. The second kappa shape index (κ2) is 7.75. The normalized spacial score (nSPS) is 10.3. The summed E-state index contributed by atoms with van der Waals surface area (Å²) >= 11 is 1.06. The van der Waals surface area contributed by atoms with Crippen molar-refractivity contribution in [3.63, 3.8) is 0 Å². The van der Waals surface area contributed by atoms with Crippen LogP contribution in [-0.4, -0.2) is 21.4 Å². The fourth-order valence-electron chi connectivity index (χ4n) is 2.32. The van der Waals surface area contributed by atoms with Gasteiger partial charge < -0.3 is 10.6 Å². The van der Waals surface area contributed by atoms with Crippen LogP contribution in [0.15, 0.2) is 59.0 Å². The highest BCUT2D eigenvalue weighted by atomic mass is 32.1. The fraction of sp³-hybridized carbons (Fsp3) is 0.111. The van der Waals surface area contributed by atoms with Crippen LogP contribution >= 0.6 is 11.3 Å². The van der Waals surface area contributed by atoms with E-state index in [1.54, 1.807) is 61.1 Å². The SMILES string of the molecule is Cc1csc(=O)n1CC(=O)Nc1cccc(NC(=O)c2ccncc2)c1. The van der Waals surface area contributed by atoms with E-state index in [1.807, 2.05) is 0 Å². The van der Waals surface area contributed by atoms with E-state index in [2.05, 4.69) is 15.6 Å². The van der Waals surface area contributed by atoms with Crippen molar-refractivity contribution in [3.05, 3.63) is 75.1 Å². The lowest BCUT2D eigenvalue weighted by atomic mass is 10.2. The standard InChI is InChI=1S/C18H16N4O3S/c1-12-11-26-18(25)22(12)10-16(23)20-14-3-2-4-15(9-14)21-17(24)13-5-7-19-8-6-13/h2-9,11H,10H2,1H3,(H,20,23)(H,21,24). The molecule has 2 N–H and O–H groups in total. The van der Waals surface area contributed by atoms with E-state index < -0.39 is 0 Å². The molecule has 0 aliphatic heterocycles. The Labute approximate surface area is 153 Å². The Morgan fingerprint density at radius 1 is 1.12 bits per heavy atom. The van der Waals surface area contributed by atoms with Crippen LogP contribution in [0.3, 0.4) is 0 Å². The van der Waals surface area contributed by atoms with Crippen LogP contribution in [0.25, 0.3) is 0 Å². The first-order valence-electron chi connectivity index (χ1n) is 7.79. The lowest BCUT2D eigenvalue weighted by Crippen LogP contribution is -2.25. The van der Waals surface area contributed by atoms with Crippen LogP contribution in [0, 0.1) is 6.92 Å². The topological polar surface area (TPSA) is 93.1 Å². The summed E-state index contributed by atoms with van der Waals surface area (Å²) in [5, 5.41) is 7.21. The van der Waals surface area contributed by atoms with Crippen LogP contribution in [-0.2, 0) is 11.3 Å². The number of hydrogen-bond donors (Lipinski definition) is 2. The molecule has 0 bridgehead atoms. The van der Waals surface area contributed by atoms with Crippen molar-refractivity contribution in [1.82, 2.24) is 9.55 Å². The number of anilines is 2. The number of nitrogens with one attached hydrogen (secondary N) is 2. The molecule has 0 aliphatic carbocycles. The monoisotopic (exact) mass is 368 g/mol. The van der Waals surface area contributed by atoms with Crippen molar-refractivity contribution >= 4 is 34.5 Å². The highest BCUT2D eigenvalue weighted by Gasteiger charge is 2.10. The first kappa shape index (κ1) is 17.6. The number of amides is 2. The number of benzene rings is 1. The third-order valence-corrected chi connectivity index (χ3v) is 4.51. The summed E-state index contributed by atoms with van der Waals surface area (Å²) in [6.07, 6.45) is 3.08. The fourth-order valence-corrected chi connectivity index (χ4v) is 3.06. The van der Waals surface area contributed by atoms with E-state index >= 15 is 0 Å². The summed E-state index contributed by atoms with van der Waals surface area (Å²) in [5.41, 5.74) is 2.31. The van der Waals surface area contributed by atoms with Gasteiger partial charge in [-0.05, 0) is 37.3 Å². The zero-order valence-corrected chi connectivity index (χ0v) is 14.7. The molecule has 132 valence electrons. The molecule has 2 aromatic heterocycles. The Kier molecular flexibility index (Phi) is 5.23. The lowest BCUT2D eigenvalue weighted by Gasteiger charge is -2.09. The maximum Gasteiger partial charge on any atom is 0.307 e. The van der Waals surface area contributed by atoms with Crippen LogP contribution < -0.4 is 15.5 Å². The third-order valence-electron chi connectivity index (χ3n) is 3.62. The zero-order chi connectivity index (χ0) is 18.5. The summed E-state index contributed by atoms with van der Waals surface area (Å²) in [6.45, 7) is 1.72. The first-order valence-corrected chi connectivity index (χ1v) is 8.67. The molecule has 8 heteroatoms.